The van der Waals surface area contributed by atoms with Gasteiger partial charge in [-0.05, 0) is 39.7 Å². The summed E-state index contributed by atoms with van der Waals surface area (Å²) in [4.78, 5) is 28.9. The summed E-state index contributed by atoms with van der Waals surface area (Å²) < 4.78 is 5.28. The molecule has 0 unspecified atom stereocenters. The van der Waals surface area contributed by atoms with E-state index in [1.54, 1.807) is 40.1 Å². The van der Waals surface area contributed by atoms with E-state index in [-0.39, 0.29) is 17.5 Å². The van der Waals surface area contributed by atoms with E-state index in [9.17, 15) is 14.9 Å². The van der Waals surface area contributed by atoms with Gasteiger partial charge >= 0.3 is 11.8 Å². The molecule has 0 bridgehead atoms. The Morgan fingerprint density at radius 1 is 1.48 bits per heavy atom. The van der Waals surface area contributed by atoms with Crippen molar-refractivity contribution in [2.24, 2.45) is 0 Å². The van der Waals surface area contributed by atoms with Crippen LogP contribution in [0.25, 0.3) is 0 Å². The van der Waals surface area contributed by atoms with Gasteiger partial charge in [-0.3, -0.25) is 10.1 Å². The van der Waals surface area contributed by atoms with Crippen LogP contribution in [0.1, 0.15) is 33.6 Å². The number of nitrogens with zero attached hydrogens (tertiary/aromatic N) is 3. The minimum atomic E-state index is -0.565. The summed E-state index contributed by atoms with van der Waals surface area (Å²) in [5, 5.41) is 17.1. The van der Waals surface area contributed by atoms with Gasteiger partial charge in [-0.15, -0.1) is 0 Å². The first-order chi connectivity index (χ1) is 11.7. The molecular formula is C16H25N5O4. The molecule has 1 saturated heterocycles. The minimum Gasteiger partial charge on any atom is -0.444 e. The largest absolute Gasteiger partial charge is 0.444 e. The first kappa shape index (κ1) is 18.8. The van der Waals surface area contributed by atoms with Crippen molar-refractivity contribution in [3.63, 3.8) is 0 Å². The second kappa shape index (κ2) is 7.54. The molecule has 2 heterocycles. The van der Waals surface area contributed by atoms with Crippen LogP contribution in [-0.2, 0) is 4.74 Å². The molecule has 0 saturated carbocycles. The highest BCUT2D eigenvalue weighted by molar-refractivity contribution is 5.74. The highest BCUT2D eigenvalue weighted by Crippen LogP contribution is 2.34. The van der Waals surface area contributed by atoms with Crippen LogP contribution in [0.3, 0.4) is 0 Å². The van der Waals surface area contributed by atoms with Crippen LogP contribution >= 0.6 is 0 Å². The molecule has 0 aromatic carbocycles. The van der Waals surface area contributed by atoms with Crippen LogP contribution in [0.2, 0.25) is 0 Å². The Bertz CT molecular complexity index is 644. The van der Waals surface area contributed by atoms with Crippen LogP contribution in [-0.4, -0.2) is 47.8 Å². The number of anilines is 2. The summed E-state index contributed by atoms with van der Waals surface area (Å²) in [5.41, 5.74) is -0.118. The van der Waals surface area contributed by atoms with Crippen LogP contribution in [0.5, 0.6) is 0 Å². The minimum absolute atomic E-state index is 0.0529. The molecule has 1 aliphatic rings. The number of carbonyl (C=O) groups excluding carboxylic acids is 1. The van der Waals surface area contributed by atoms with Crippen molar-refractivity contribution >= 4 is 23.3 Å². The number of amides is 1. The van der Waals surface area contributed by atoms with Crippen LogP contribution < -0.4 is 15.5 Å². The van der Waals surface area contributed by atoms with Crippen molar-refractivity contribution in [2.75, 3.05) is 30.4 Å². The molecule has 0 spiro atoms. The Hall–Kier alpha value is -2.58. The van der Waals surface area contributed by atoms with E-state index in [1.807, 2.05) is 4.90 Å². The topological polar surface area (TPSA) is 110 Å². The molecule has 2 N–H and O–H groups in total. The smallest absolute Gasteiger partial charge is 0.407 e. The van der Waals surface area contributed by atoms with Gasteiger partial charge in [0.25, 0.3) is 0 Å². The van der Waals surface area contributed by atoms with Crippen molar-refractivity contribution in [1.29, 1.82) is 0 Å². The molecule has 1 fully saturated rings. The van der Waals surface area contributed by atoms with Gasteiger partial charge < -0.3 is 20.3 Å². The lowest BCUT2D eigenvalue weighted by molar-refractivity contribution is -0.383. The van der Waals surface area contributed by atoms with Gasteiger partial charge in [-0.1, -0.05) is 0 Å². The molecule has 0 radical (unpaired) electrons. The van der Waals surface area contributed by atoms with Gasteiger partial charge in [-0.25, -0.2) is 9.78 Å². The zero-order valence-corrected chi connectivity index (χ0v) is 15.0. The molecule has 9 nitrogen and oxygen atoms in total. The number of piperidine rings is 1. The number of rotatable bonds is 4. The van der Waals surface area contributed by atoms with Gasteiger partial charge in [0.05, 0.1) is 4.92 Å². The molecule has 138 valence electrons. The maximum atomic E-state index is 12.0. The van der Waals surface area contributed by atoms with Crippen LogP contribution in [0, 0.1) is 10.1 Å². The first-order valence-electron chi connectivity index (χ1n) is 8.27. The summed E-state index contributed by atoms with van der Waals surface area (Å²) in [5.74, 6) is 0.227. The summed E-state index contributed by atoms with van der Waals surface area (Å²) in [6.07, 6.45) is 2.68. The molecule has 1 aromatic heterocycles. The predicted molar refractivity (Wildman–Crippen MR) is 95.0 cm³/mol. The lowest BCUT2D eigenvalue weighted by Crippen LogP contribution is -2.49. The first-order valence-corrected chi connectivity index (χ1v) is 8.27. The zero-order valence-electron chi connectivity index (χ0n) is 15.0. The summed E-state index contributed by atoms with van der Waals surface area (Å²) in [7, 11) is 1.60. The lowest BCUT2D eigenvalue weighted by Gasteiger charge is -2.34. The van der Waals surface area contributed by atoms with E-state index in [1.165, 1.54) is 0 Å². The van der Waals surface area contributed by atoms with E-state index < -0.39 is 16.6 Å². The number of hydrogen-bond donors (Lipinski definition) is 2. The monoisotopic (exact) mass is 351 g/mol. The highest BCUT2D eigenvalue weighted by atomic mass is 16.6. The molecule has 1 amide bonds. The standard InChI is InChI=1S/C16H25N5O4/c1-16(2,3)25-15(22)19-11-6-5-9-20(10-11)12-7-8-18-14(17-4)13(12)21(23)24/h7-8,11H,5-6,9-10H2,1-4H3,(H,17,18)(H,19,22)/t11-/m1/s1. The summed E-state index contributed by atoms with van der Waals surface area (Å²) in [6, 6.07) is 1.50. The number of nitrogens with one attached hydrogen (secondary N) is 2. The third-order valence-electron chi connectivity index (χ3n) is 3.81. The van der Waals surface area contributed by atoms with E-state index >= 15 is 0 Å². The molecule has 1 aliphatic heterocycles. The fourth-order valence-electron chi connectivity index (χ4n) is 2.85. The second-order valence-corrected chi connectivity index (χ2v) is 6.97. The van der Waals surface area contributed by atoms with E-state index in [4.69, 9.17) is 4.74 Å². The molecule has 1 aromatic rings. The highest BCUT2D eigenvalue weighted by Gasteiger charge is 2.29. The Labute approximate surface area is 146 Å². The molecule has 0 aliphatic carbocycles. The average molecular weight is 351 g/mol. The normalized spacial score (nSPS) is 17.8. The average Bonchev–Trinajstić information content (AvgIpc) is 2.52. The third-order valence-corrected chi connectivity index (χ3v) is 3.81. The maximum absolute atomic E-state index is 12.0. The van der Waals surface area contributed by atoms with E-state index in [2.05, 4.69) is 15.6 Å². The molecular weight excluding hydrogens is 326 g/mol. The van der Waals surface area contributed by atoms with Gasteiger partial charge in [0.2, 0.25) is 5.82 Å². The fraction of sp³-hybridized carbons (Fsp3) is 0.625. The Balaban J connectivity index is 2.14. The molecule has 1 atom stereocenters. The van der Waals surface area contributed by atoms with Crippen LogP contribution in [0.15, 0.2) is 12.3 Å². The Kier molecular flexibility index (Phi) is 5.66. The Morgan fingerprint density at radius 2 is 2.20 bits per heavy atom. The van der Waals surface area contributed by atoms with E-state index in [0.717, 1.165) is 12.8 Å². The number of pyridine rings is 1. The second-order valence-electron chi connectivity index (χ2n) is 6.97. The summed E-state index contributed by atoms with van der Waals surface area (Å²) >= 11 is 0. The van der Waals surface area contributed by atoms with E-state index in [0.29, 0.717) is 18.8 Å². The molecule has 25 heavy (non-hydrogen) atoms. The van der Waals surface area contributed by atoms with Gasteiger partial charge in [0.15, 0.2) is 0 Å². The number of alkyl carbamates (subject to hydrolysis) is 1. The zero-order chi connectivity index (χ0) is 18.6. The fourth-order valence-corrected chi connectivity index (χ4v) is 2.85. The number of nitro groups is 1. The molecule has 2 rings (SSSR count). The van der Waals surface area contributed by atoms with Gasteiger partial charge in [0, 0.05) is 32.4 Å². The maximum Gasteiger partial charge on any atom is 0.407 e. The number of ether oxygens (including phenoxy) is 1. The SMILES string of the molecule is CNc1nccc(N2CCC[C@@H](NC(=O)OC(C)(C)C)C2)c1[N+](=O)[O-]. The molecule has 9 heteroatoms. The van der Waals surface area contributed by atoms with Crippen molar-refractivity contribution in [1.82, 2.24) is 10.3 Å². The van der Waals surface area contributed by atoms with Crippen LogP contribution in [0.4, 0.5) is 22.0 Å². The van der Waals surface area contributed by atoms with Gasteiger partial charge in [0.1, 0.15) is 11.3 Å². The third kappa shape index (κ3) is 4.94. The van der Waals surface area contributed by atoms with Crippen molar-refractivity contribution < 1.29 is 14.5 Å². The number of hydrogen-bond acceptors (Lipinski definition) is 7. The predicted octanol–water partition coefficient (Wildman–Crippen LogP) is 2.53. The van der Waals surface area contributed by atoms with Crippen molar-refractivity contribution in [2.45, 2.75) is 45.3 Å². The van der Waals surface area contributed by atoms with Gasteiger partial charge in [-0.2, -0.15) is 0 Å². The van der Waals surface area contributed by atoms with Crippen molar-refractivity contribution in [3.8, 4) is 0 Å². The summed E-state index contributed by atoms with van der Waals surface area (Å²) in [6.45, 7) is 6.58. The van der Waals surface area contributed by atoms with Crippen molar-refractivity contribution in [3.05, 3.63) is 22.4 Å². The number of aromatic nitrogens is 1. The Morgan fingerprint density at radius 3 is 2.80 bits per heavy atom. The lowest BCUT2D eigenvalue weighted by atomic mass is 10.0. The quantitative estimate of drug-likeness (QED) is 0.633. The number of carbonyl (C=O) groups is 1.